The highest BCUT2D eigenvalue weighted by atomic mass is 16.5. The summed E-state index contributed by atoms with van der Waals surface area (Å²) in [6, 6.07) is 10.1. The predicted molar refractivity (Wildman–Crippen MR) is 81.8 cm³/mol. The number of benzene rings is 1. The van der Waals surface area contributed by atoms with E-state index in [1.807, 2.05) is 13.8 Å². The third kappa shape index (κ3) is 4.22. The number of ketones is 1. The lowest BCUT2D eigenvalue weighted by Crippen LogP contribution is -2.31. The van der Waals surface area contributed by atoms with Crippen LogP contribution in [0.3, 0.4) is 0 Å². The van der Waals surface area contributed by atoms with E-state index >= 15 is 0 Å². The van der Waals surface area contributed by atoms with Gasteiger partial charge < -0.3 is 14.5 Å². The van der Waals surface area contributed by atoms with Crippen LogP contribution in [-0.2, 0) is 4.79 Å². The van der Waals surface area contributed by atoms with E-state index in [9.17, 15) is 9.59 Å². The van der Waals surface area contributed by atoms with Gasteiger partial charge in [0.15, 0.2) is 12.4 Å². The molecule has 0 radical (unpaired) electrons. The van der Waals surface area contributed by atoms with Crippen molar-refractivity contribution < 1.29 is 18.7 Å². The van der Waals surface area contributed by atoms with Gasteiger partial charge in [0.05, 0.1) is 12.3 Å². The first kappa shape index (κ1) is 15.8. The van der Waals surface area contributed by atoms with Crippen molar-refractivity contribution in [3.05, 3.63) is 54.0 Å². The summed E-state index contributed by atoms with van der Waals surface area (Å²) in [5, 5.41) is 2.78. The summed E-state index contributed by atoms with van der Waals surface area (Å²) in [5.41, 5.74) is 0.644. The Kier molecular flexibility index (Phi) is 5.36. The first-order valence-electron chi connectivity index (χ1n) is 7.19. The van der Waals surface area contributed by atoms with E-state index < -0.39 is 0 Å². The highest BCUT2D eigenvalue weighted by molar-refractivity contribution is 5.95. The number of furan rings is 1. The molecule has 0 aliphatic heterocycles. The number of carbonyl (C=O) groups excluding carboxylic acids is 2. The number of hydrogen-bond acceptors (Lipinski definition) is 4. The van der Waals surface area contributed by atoms with Gasteiger partial charge in [-0.25, -0.2) is 0 Å². The van der Waals surface area contributed by atoms with Crippen LogP contribution in [0.4, 0.5) is 0 Å². The molecule has 1 unspecified atom stereocenters. The first-order valence-corrected chi connectivity index (χ1v) is 7.19. The lowest BCUT2D eigenvalue weighted by Gasteiger charge is -2.12. The average Bonchev–Trinajstić information content (AvgIpc) is 3.07. The number of nitrogens with one attached hydrogen (secondary N) is 1. The van der Waals surface area contributed by atoms with Crippen molar-refractivity contribution in [2.24, 2.45) is 0 Å². The van der Waals surface area contributed by atoms with Crippen LogP contribution in [0.2, 0.25) is 0 Å². The molecule has 1 aromatic heterocycles. The highest BCUT2D eigenvalue weighted by Gasteiger charge is 2.12. The second-order valence-electron chi connectivity index (χ2n) is 4.89. The fraction of sp³-hybridized carbons (Fsp3) is 0.294. The number of carbonyl (C=O) groups is 2. The van der Waals surface area contributed by atoms with Crippen molar-refractivity contribution in [2.45, 2.75) is 26.3 Å². The van der Waals surface area contributed by atoms with E-state index in [0.29, 0.717) is 23.5 Å². The molecule has 1 amide bonds. The maximum absolute atomic E-state index is 11.8. The van der Waals surface area contributed by atoms with Crippen LogP contribution in [0.5, 0.6) is 5.75 Å². The molecule has 5 heteroatoms. The molecule has 1 N–H and O–H groups in total. The smallest absolute Gasteiger partial charge is 0.258 e. The molecule has 22 heavy (non-hydrogen) atoms. The van der Waals surface area contributed by atoms with Crippen LogP contribution < -0.4 is 10.1 Å². The van der Waals surface area contributed by atoms with Crippen molar-refractivity contribution >= 4 is 11.7 Å². The molecule has 0 spiro atoms. The summed E-state index contributed by atoms with van der Waals surface area (Å²) in [7, 11) is 0. The molecule has 2 aromatic rings. The maximum Gasteiger partial charge on any atom is 0.258 e. The van der Waals surface area contributed by atoms with E-state index in [1.54, 1.807) is 42.7 Å². The van der Waals surface area contributed by atoms with Crippen LogP contribution in [-0.4, -0.2) is 18.3 Å². The van der Waals surface area contributed by atoms with Crippen molar-refractivity contribution in [3.8, 4) is 5.75 Å². The van der Waals surface area contributed by atoms with Crippen LogP contribution in [0.15, 0.2) is 47.1 Å². The van der Waals surface area contributed by atoms with Crippen LogP contribution >= 0.6 is 0 Å². The Bertz CT molecular complexity index is 617. The van der Waals surface area contributed by atoms with Gasteiger partial charge in [-0.05, 0) is 43.3 Å². The molecule has 1 aromatic carbocycles. The Morgan fingerprint density at radius 2 is 1.95 bits per heavy atom. The molecule has 116 valence electrons. The summed E-state index contributed by atoms with van der Waals surface area (Å²) in [4.78, 5) is 23.3. The fourth-order valence-corrected chi connectivity index (χ4v) is 1.98. The van der Waals surface area contributed by atoms with Gasteiger partial charge in [0.2, 0.25) is 0 Å². The largest absolute Gasteiger partial charge is 0.484 e. The Balaban J connectivity index is 1.82. The normalized spacial score (nSPS) is 11.7. The second kappa shape index (κ2) is 7.45. The third-order valence-corrected chi connectivity index (χ3v) is 3.21. The molecule has 0 saturated heterocycles. The zero-order valence-electron chi connectivity index (χ0n) is 12.7. The molecule has 5 nitrogen and oxygen atoms in total. The van der Waals surface area contributed by atoms with Gasteiger partial charge in [-0.1, -0.05) is 6.92 Å². The van der Waals surface area contributed by atoms with Crippen LogP contribution in [0.25, 0.3) is 0 Å². The van der Waals surface area contributed by atoms with Gasteiger partial charge in [-0.2, -0.15) is 0 Å². The molecule has 0 saturated carbocycles. The van der Waals surface area contributed by atoms with Crippen LogP contribution in [0, 0.1) is 0 Å². The molecule has 1 heterocycles. The molecular weight excluding hydrogens is 282 g/mol. The van der Waals surface area contributed by atoms with E-state index in [2.05, 4.69) is 5.32 Å². The van der Waals surface area contributed by atoms with Gasteiger partial charge >= 0.3 is 0 Å². The summed E-state index contributed by atoms with van der Waals surface area (Å²) in [6.45, 7) is 3.56. The average molecular weight is 301 g/mol. The quantitative estimate of drug-likeness (QED) is 0.798. The Morgan fingerprint density at radius 3 is 2.55 bits per heavy atom. The van der Waals surface area contributed by atoms with Gasteiger partial charge in [-0.15, -0.1) is 0 Å². The third-order valence-electron chi connectivity index (χ3n) is 3.21. The topological polar surface area (TPSA) is 68.5 Å². The monoisotopic (exact) mass is 301 g/mol. The van der Waals surface area contributed by atoms with Gasteiger partial charge in [0, 0.05) is 12.0 Å². The van der Waals surface area contributed by atoms with E-state index in [1.165, 1.54) is 0 Å². The predicted octanol–water partition coefficient (Wildman–Crippen LogP) is 3.13. The summed E-state index contributed by atoms with van der Waals surface area (Å²) in [6.07, 6.45) is 2.03. The van der Waals surface area contributed by atoms with Crippen LogP contribution in [0.1, 0.15) is 42.4 Å². The summed E-state index contributed by atoms with van der Waals surface area (Å²) in [5.74, 6) is 1.08. The highest BCUT2D eigenvalue weighted by Crippen LogP contribution is 2.14. The lowest BCUT2D eigenvalue weighted by atomic mass is 10.1. The number of rotatable bonds is 7. The maximum atomic E-state index is 11.8. The zero-order valence-corrected chi connectivity index (χ0v) is 12.7. The molecule has 2 rings (SSSR count). The summed E-state index contributed by atoms with van der Waals surface area (Å²) >= 11 is 0. The molecule has 0 fully saturated rings. The molecule has 0 aliphatic carbocycles. The number of Topliss-reactive ketones (excluding diaryl/α,β-unsaturated/α-hetero) is 1. The van der Waals surface area contributed by atoms with Gasteiger partial charge in [0.25, 0.3) is 5.91 Å². The van der Waals surface area contributed by atoms with Crippen molar-refractivity contribution in [2.75, 3.05) is 6.61 Å². The van der Waals surface area contributed by atoms with E-state index in [-0.39, 0.29) is 24.3 Å². The SMILES string of the molecule is CCC(=O)c1ccc(OCC(=O)NC(C)c2ccco2)cc1. The minimum atomic E-state index is -0.238. The lowest BCUT2D eigenvalue weighted by molar-refractivity contribution is -0.123. The first-order chi connectivity index (χ1) is 10.6. The van der Waals surface area contributed by atoms with Gasteiger partial charge in [0.1, 0.15) is 11.5 Å². The minimum Gasteiger partial charge on any atom is -0.484 e. The molecule has 1 atom stereocenters. The zero-order chi connectivity index (χ0) is 15.9. The Morgan fingerprint density at radius 1 is 1.23 bits per heavy atom. The van der Waals surface area contributed by atoms with E-state index in [4.69, 9.17) is 9.15 Å². The van der Waals surface area contributed by atoms with Gasteiger partial charge in [-0.3, -0.25) is 9.59 Å². The summed E-state index contributed by atoms with van der Waals surface area (Å²) < 4.78 is 10.6. The van der Waals surface area contributed by atoms with Crippen molar-refractivity contribution in [3.63, 3.8) is 0 Å². The number of ether oxygens (including phenoxy) is 1. The fourth-order valence-electron chi connectivity index (χ4n) is 1.98. The minimum absolute atomic E-state index is 0.0802. The molecule has 0 bridgehead atoms. The Hall–Kier alpha value is -2.56. The second-order valence-corrected chi connectivity index (χ2v) is 4.89. The standard InChI is InChI=1S/C17H19NO4/c1-3-15(19)13-6-8-14(9-7-13)22-11-17(20)18-12(2)16-5-4-10-21-16/h4-10,12H,3,11H2,1-2H3,(H,18,20). The Labute approximate surface area is 129 Å². The van der Waals surface area contributed by atoms with E-state index in [0.717, 1.165) is 0 Å². The number of hydrogen-bond donors (Lipinski definition) is 1. The molecule has 0 aliphatic rings. The van der Waals surface area contributed by atoms with Crippen molar-refractivity contribution in [1.29, 1.82) is 0 Å². The van der Waals surface area contributed by atoms with Crippen molar-refractivity contribution in [1.82, 2.24) is 5.32 Å². The number of amides is 1. The molecular formula is C17H19NO4.